The molecule has 0 radical (unpaired) electrons. The van der Waals surface area contributed by atoms with Crippen molar-refractivity contribution in [2.24, 2.45) is 5.92 Å². The van der Waals surface area contributed by atoms with E-state index in [0.717, 1.165) is 30.5 Å². The Kier molecular flexibility index (Phi) is 5.78. The number of fused-ring (bicyclic) bond motifs is 1. The maximum atomic E-state index is 13.0. The molecular weight excluding hydrogens is 398 g/mol. The van der Waals surface area contributed by atoms with E-state index in [2.05, 4.69) is 13.0 Å². The Morgan fingerprint density at radius 1 is 1.27 bits per heavy atom. The van der Waals surface area contributed by atoms with E-state index in [4.69, 9.17) is 9.72 Å². The van der Waals surface area contributed by atoms with Crippen LogP contribution in [0.5, 0.6) is 5.75 Å². The summed E-state index contributed by atoms with van der Waals surface area (Å²) in [6.45, 7) is 4.65. The third-order valence-electron chi connectivity index (χ3n) is 5.48. The number of amides is 2. The van der Waals surface area contributed by atoms with Crippen molar-refractivity contribution in [3.63, 3.8) is 0 Å². The minimum atomic E-state index is -0.579. The fourth-order valence-electron chi connectivity index (χ4n) is 3.96. The number of carbonyl (C=O) groups excluding carboxylic acids is 2. The Hall–Kier alpha value is -2.85. The minimum Gasteiger partial charge on any atom is -0.494 e. The number of thioether (sulfide) groups is 1. The van der Waals surface area contributed by atoms with E-state index in [1.807, 2.05) is 13.0 Å². The molecule has 7 heteroatoms. The van der Waals surface area contributed by atoms with Crippen LogP contribution in [0.2, 0.25) is 0 Å². The van der Waals surface area contributed by atoms with Crippen LogP contribution in [0.15, 0.2) is 35.4 Å². The van der Waals surface area contributed by atoms with Crippen LogP contribution in [0.3, 0.4) is 0 Å². The third kappa shape index (κ3) is 3.92. The first-order chi connectivity index (χ1) is 14.5. The molecule has 1 saturated heterocycles. The van der Waals surface area contributed by atoms with Crippen LogP contribution < -0.4 is 9.64 Å². The van der Waals surface area contributed by atoms with Gasteiger partial charge >= 0.3 is 0 Å². The van der Waals surface area contributed by atoms with Crippen molar-refractivity contribution in [2.45, 2.75) is 49.8 Å². The molecule has 1 aliphatic heterocycles. The van der Waals surface area contributed by atoms with E-state index in [1.165, 1.54) is 16.7 Å². The molecule has 0 spiro atoms. The Morgan fingerprint density at radius 2 is 2.03 bits per heavy atom. The van der Waals surface area contributed by atoms with Gasteiger partial charge in [-0.1, -0.05) is 18.7 Å². The lowest BCUT2D eigenvalue weighted by Crippen LogP contribution is -2.31. The van der Waals surface area contributed by atoms with E-state index >= 15 is 0 Å². The molecular formula is C23H23N3O3S. The number of rotatable bonds is 5. The summed E-state index contributed by atoms with van der Waals surface area (Å²) >= 11 is 1.23. The van der Waals surface area contributed by atoms with Gasteiger partial charge in [-0.25, -0.2) is 9.88 Å². The second-order valence-corrected chi connectivity index (χ2v) is 8.90. The Morgan fingerprint density at radius 3 is 2.73 bits per heavy atom. The quantitative estimate of drug-likeness (QED) is 0.681. The summed E-state index contributed by atoms with van der Waals surface area (Å²) in [4.78, 5) is 31.5. The molecule has 2 heterocycles. The van der Waals surface area contributed by atoms with Crippen molar-refractivity contribution >= 4 is 29.3 Å². The van der Waals surface area contributed by atoms with E-state index in [9.17, 15) is 14.9 Å². The molecule has 0 unspecified atom stereocenters. The highest BCUT2D eigenvalue weighted by Gasteiger charge is 2.41. The Balaban J connectivity index is 1.55. The van der Waals surface area contributed by atoms with Gasteiger partial charge in [-0.15, -0.1) is 0 Å². The topological polar surface area (TPSA) is 83.3 Å². The Bertz CT molecular complexity index is 1030. The van der Waals surface area contributed by atoms with Gasteiger partial charge in [0, 0.05) is 12.1 Å². The van der Waals surface area contributed by atoms with Crippen molar-refractivity contribution in [3.05, 3.63) is 47.2 Å². The number of carbonyl (C=O) groups is 2. The fraction of sp³-hybridized carbons (Fsp3) is 0.391. The summed E-state index contributed by atoms with van der Waals surface area (Å²) in [6, 6.07) is 11.1. The highest BCUT2D eigenvalue weighted by atomic mass is 32.2. The summed E-state index contributed by atoms with van der Waals surface area (Å²) in [6.07, 6.45) is 2.97. The third-order valence-corrected chi connectivity index (χ3v) is 6.67. The van der Waals surface area contributed by atoms with Gasteiger partial charge in [-0.05, 0) is 68.0 Å². The molecule has 1 aromatic heterocycles. The zero-order chi connectivity index (χ0) is 21.3. The smallest absolute Gasteiger partial charge is 0.247 e. The van der Waals surface area contributed by atoms with Crippen molar-refractivity contribution in [2.75, 3.05) is 11.5 Å². The number of aromatic nitrogens is 1. The molecule has 6 nitrogen and oxygen atoms in total. The van der Waals surface area contributed by atoms with E-state index < -0.39 is 5.25 Å². The van der Waals surface area contributed by atoms with Gasteiger partial charge in [0.05, 0.1) is 23.1 Å². The summed E-state index contributed by atoms with van der Waals surface area (Å²) in [5, 5.41) is 9.57. The minimum absolute atomic E-state index is 0.0946. The predicted molar refractivity (Wildman–Crippen MR) is 115 cm³/mol. The molecule has 2 amide bonds. The molecule has 1 fully saturated rings. The molecule has 2 aliphatic rings. The number of nitrogens with zero attached hydrogens (tertiary/aromatic N) is 3. The molecule has 0 N–H and O–H groups in total. The van der Waals surface area contributed by atoms with E-state index in [-0.39, 0.29) is 18.2 Å². The van der Waals surface area contributed by atoms with Crippen LogP contribution >= 0.6 is 11.8 Å². The van der Waals surface area contributed by atoms with Crippen molar-refractivity contribution in [3.8, 4) is 11.8 Å². The molecule has 2 atom stereocenters. The standard InChI is InChI=1S/C23H23N3O3S/c1-3-29-18-7-5-17(6-8-18)26-21(27)12-20(23(26)28)30-22-16(13-24)11-15-10-14(2)4-9-19(15)25-22/h5-8,11,14,20H,3-4,9-10,12H2,1-2H3/t14-,20-/m1/s1. The highest BCUT2D eigenvalue weighted by Crippen LogP contribution is 2.36. The maximum Gasteiger partial charge on any atom is 0.247 e. The first kappa shape index (κ1) is 20.4. The number of imide groups is 1. The number of pyridine rings is 1. The lowest BCUT2D eigenvalue weighted by molar-refractivity contribution is -0.121. The number of hydrogen-bond donors (Lipinski definition) is 0. The lowest BCUT2D eigenvalue weighted by Gasteiger charge is -2.22. The average Bonchev–Trinajstić information content (AvgIpc) is 3.01. The number of nitriles is 1. The Labute approximate surface area is 180 Å². The molecule has 1 aromatic carbocycles. The van der Waals surface area contributed by atoms with Crippen LogP contribution in [0, 0.1) is 17.2 Å². The lowest BCUT2D eigenvalue weighted by atomic mass is 9.87. The first-order valence-corrected chi connectivity index (χ1v) is 11.1. The molecule has 154 valence electrons. The van der Waals surface area contributed by atoms with Crippen molar-refractivity contribution in [1.29, 1.82) is 5.26 Å². The van der Waals surface area contributed by atoms with Gasteiger partial charge in [0.15, 0.2) is 0 Å². The van der Waals surface area contributed by atoms with Gasteiger partial charge < -0.3 is 4.74 Å². The summed E-state index contributed by atoms with van der Waals surface area (Å²) in [7, 11) is 0. The van der Waals surface area contributed by atoms with E-state index in [1.54, 1.807) is 24.3 Å². The van der Waals surface area contributed by atoms with Crippen molar-refractivity contribution in [1.82, 2.24) is 4.98 Å². The molecule has 0 saturated carbocycles. The molecule has 4 rings (SSSR count). The van der Waals surface area contributed by atoms with Gasteiger partial charge in [-0.3, -0.25) is 9.59 Å². The molecule has 0 bridgehead atoms. The SMILES string of the molecule is CCOc1ccc(N2C(=O)C[C@@H](Sc3nc4c(cc3C#N)C[C@H](C)CC4)C2=O)cc1. The number of ether oxygens (including phenoxy) is 1. The number of benzene rings is 1. The van der Waals surface area contributed by atoms with Crippen LogP contribution in [-0.4, -0.2) is 28.7 Å². The second kappa shape index (κ2) is 8.49. The van der Waals surface area contributed by atoms with Crippen LogP contribution in [0.4, 0.5) is 5.69 Å². The largest absolute Gasteiger partial charge is 0.494 e. The number of aryl methyl sites for hydroxylation is 1. The highest BCUT2D eigenvalue weighted by molar-refractivity contribution is 8.00. The molecule has 1 aliphatic carbocycles. The van der Waals surface area contributed by atoms with Gasteiger partial charge in [0.1, 0.15) is 16.8 Å². The van der Waals surface area contributed by atoms with Crippen molar-refractivity contribution < 1.29 is 14.3 Å². The molecule has 2 aromatic rings. The normalized spacial score (nSPS) is 20.8. The zero-order valence-electron chi connectivity index (χ0n) is 17.1. The zero-order valence-corrected chi connectivity index (χ0v) is 17.9. The molecule has 30 heavy (non-hydrogen) atoms. The summed E-state index contributed by atoms with van der Waals surface area (Å²) in [5.74, 6) is 0.761. The van der Waals surface area contributed by atoms with Crippen LogP contribution in [0.25, 0.3) is 0 Å². The van der Waals surface area contributed by atoms with Crippen LogP contribution in [0.1, 0.15) is 43.5 Å². The summed E-state index contributed by atoms with van der Waals surface area (Å²) in [5.41, 5.74) is 3.14. The maximum absolute atomic E-state index is 13.0. The average molecular weight is 422 g/mol. The monoisotopic (exact) mass is 421 g/mol. The number of anilines is 1. The fourth-order valence-corrected chi connectivity index (χ4v) is 5.05. The first-order valence-electron chi connectivity index (χ1n) is 10.2. The van der Waals surface area contributed by atoms with E-state index in [0.29, 0.717) is 34.6 Å². The number of hydrogen-bond acceptors (Lipinski definition) is 6. The van der Waals surface area contributed by atoms with Gasteiger partial charge in [0.25, 0.3) is 0 Å². The van der Waals surface area contributed by atoms with Crippen LogP contribution in [-0.2, 0) is 22.4 Å². The predicted octanol–water partition coefficient (Wildman–Crippen LogP) is 3.90. The van der Waals surface area contributed by atoms with Gasteiger partial charge in [-0.2, -0.15) is 5.26 Å². The summed E-state index contributed by atoms with van der Waals surface area (Å²) < 4.78 is 5.42. The van der Waals surface area contributed by atoms with Gasteiger partial charge in [0.2, 0.25) is 11.8 Å². The second-order valence-electron chi connectivity index (χ2n) is 7.71.